The number of allylic oxidation sites excluding steroid dienone is 1. The Morgan fingerprint density at radius 2 is 2.27 bits per heavy atom. The van der Waals surface area contributed by atoms with Crippen molar-refractivity contribution in [2.75, 3.05) is 13.7 Å². The van der Waals surface area contributed by atoms with Crippen molar-refractivity contribution in [3.05, 3.63) is 12.7 Å². The quantitative estimate of drug-likeness (QED) is 0.451. The maximum atomic E-state index is 9.20. The highest BCUT2D eigenvalue weighted by molar-refractivity contribution is 4.66. The number of unbranched alkanes of at least 4 members (excludes halogenated alkanes) is 2. The average Bonchev–Trinajstić information content (AvgIpc) is 1.99. The minimum absolute atomic E-state index is 0.287. The van der Waals surface area contributed by atoms with Crippen LogP contribution in [-0.4, -0.2) is 24.9 Å². The van der Waals surface area contributed by atoms with Gasteiger partial charge in [-0.2, -0.15) is 0 Å². The van der Waals surface area contributed by atoms with E-state index in [0.29, 0.717) is 6.61 Å². The van der Waals surface area contributed by atoms with Crippen LogP contribution in [0.1, 0.15) is 25.7 Å². The van der Waals surface area contributed by atoms with Crippen molar-refractivity contribution in [2.45, 2.75) is 31.8 Å². The fraction of sp³-hybridized carbons (Fsp3) is 0.778. The molecule has 66 valence electrons. The van der Waals surface area contributed by atoms with E-state index in [1.54, 1.807) is 7.11 Å². The Balaban J connectivity index is 3.03. The first-order valence-corrected chi connectivity index (χ1v) is 4.09. The van der Waals surface area contributed by atoms with Gasteiger partial charge in [0.05, 0.1) is 12.7 Å². The molecule has 0 aromatic heterocycles. The molecule has 0 heterocycles. The van der Waals surface area contributed by atoms with Crippen LogP contribution in [0.5, 0.6) is 0 Å². The smallest absolute Gasteiger partial charge is 0.0773 e. The van der Waals surface area contributed by atoms with E-state index in [2.05, 4.69) is 6.58 Å². The Bertz CT molecular complexity index is 91.6. The van der Waals surface area contributed by atoms with Crippen molar-refractivity contribution in [2.24, 2.45) is 0 Å². The molecule has 0 aliphatic heterocycles. The van der Waals surface area contributed by atoms with Gasteiger partial charge in [-0.25, -0.2) is 0 Å². The Morgan fingerprint density at radius 3 is 2.82 bits per heavy atom. The summed E-state index contributed by atoms with van der Waals surface area (Å²) >= 11 is 0. The van der Waals surface area contributed by atoms with Crippen LogP contribution in [0.25, 0.3) is 0 Å². The van der Waals surface area contributed by atoms with Crippen LogP contribution in [-0.2, 0) is 4.74 Å². The molecule has 0 aliphatic rings. The summed E-state index contributed by atoms with van der Waals surface area (Å²) in [5, 5.41) is 9.20. The predicted molar refractivity (Wildman–Crippen MR) is 46.5 cm³/mol. The molecule has 0 spiro atoms. The molecule has 0 radical (unpaired) electrons. The van der Waals surface area contributed by atoms with Gasteiger partial charge in [0.15, 0.2) is 0 Å². The van der Waals surface area contributed by atoms with E-state index >= 15 is 0 Å². The number of rotatable bonds is 7. The lowest BCUT2D eigenvalue weighted by Crippen LogP contribution is -2.13. The van der Waals surface area contributed by atoms with Gasteiger partial charge in [-0.3, -0.25) is 0 Å². The van der Waals surface area contributed by atoms with E-state index in [1.165, 1.54) is 0 Å². The van der Waals surface area contributed by atoms with Crippen LogP contribution in [0.3, 0.4) is 0 Å². The maximum absolute atomic E-state index is 9.20. The van der Waals surface area contributed by atoms with Gasteiger partial charge in [-0.1, -0.05) is 12.5 Å². The van der Waals surface area contributed by atoms with Gasteiger partial charge in [0.2, 0.25) is 0 Å². The summed E-state index contributed by atoms with van der Waals surface area (Å²) in [5.41, 5.74) is 0. The molecule has 2 nitrogen and oxygen atoms in total. The Kier molecular flexibility index (Phi) is 7.52. The predicted octanol–water partition coefficient (Wildman–Crippen LogP) is 1.74. The van der Waals surface area contributed by atoms with Crippen molar-refractivity contribution in [1.82, 2.24) is 0 Å². The summed E-state index contributed by atoms with van der Waals surface area (Å²) in [6.45, 7) is 4.08. The monoisotopic (exact) mass is 158 g/mol. The molecule has 0 aliphatic carbocycles. The third-order valence-corrected chi connectivity index (χ3v) is 1.55. The first kappa shape index (κ1) is 10.7. The van der Waals surface area contributed by atoms with Crippen LogP contribution in [0, 0.1) is 0 Å². The third-order valence-electron chi connectivity index (χ3n) is 1.55. The van der Waals surface area contributed by atoms with Gasteiger partial charge >= 0.3 is 0 Å². The molecule has 11 heavy (non-hydrogen) atoms. The normalized spacial score (nSPS) is 12.9. The molecule has 0 amide bonds. The standard InChI is InChI=1S/C9H18O2/c1-3-4-5-6-7-9(10)8-11-2/h3,9-10H,1,4-8H2,2H3. The lowest BCUT2D eigenvalue weighted by molar-refractivity contribution is 0.0577. The zero-order valence-electron chi connectivity index (χ0n) is 7.25. The second-order valence-corrected chi connectivity index (χ2v) is 2.68. The second kappa shape index (κ2) is 7.76. The van der Waals surface area contributed by atoms with Crippen LogP contribution in [0.15, 0.2) is 12.7 Å². The summed E-state index contributed by atoms with van der Waals surface area (Å²) in [6, 6.07) is 0. The average molecular weight is 158 g/mol. The molecule has 0 fully saturated rings. The zero-order chi connectivity index (χ0) is 8.53. The van der Waals surface area contributed by atoms with Gasteiger partial charge < -0.3 is 9.84 Å². The molecular formula is C9H18O2. The van der Waals surface area contributed by atoms with Gasteiger partial charge in [0.25, 0.3) is 0 Å². The molecule has 0 rings (SSSR count). The van der Waals surface area contributed by atoms with E-state index in [4.69, 9.17) is 4.74 Å². The van der Waals surface area contributed by atoms with E-state index in [0.717, 1.165) is 25.7 Å². The van der Waals surface area contributed by atoms with E-state index < -0.39 is 0 Å². The van der Waals surface area contributed by atoms with E-state index in [-0.39, 0.29) is 6.10 Å². The Morgan fingerprint density at radius 1 is 1.55 bits per heavy atom. The Labute approximate surface area is 68.9 Å². The highest BCUT2D eigenvalue weighted by Crippen LogP contribution is 2.03. The van der Waals surface area contributed by atoms with Crippen molar-refractivity contribution < 1.29 is 9.84 Å². The molecule has 2 heteroatoms. The van der Waals surface area contributed by atoms with Crippen molar-refractivity contribution in [3.8, 4) is 0 Å². The molecule has 0 saturated carbocycles. The van der Waals surface area contributed by atoms with Gasteiger partial charge in [0, 0.05) is 7.11 Å². The third kappa shape index (κ3) is 7.56. The summed E-state index contributed by atoms with van der Waals surface area (Å²) in [4.78, 5) is 0. The summed E-state index contributed by atoms with van der Waals surface area (Å²) in [5.74, 6) is 0. The SMILES string of the molecule is C=CCCCCC(O)COC. The minimum Gasteiger partial charge on any atom is -0.391 e. The molecule has 1 unspecified atom stereocenters. The highest BCUT2D eigenvalue weighted by Gasteiger charge is 2.00. The number of methoxy groups -OCH3 is 1. The van der Waals surface area contributed by atoms with Gasteiger partial charge in [-0.05, 0) is 19.3 Å². The molecule has 1 N–H and O–H groups in total. The molecule has 0 aromatic rings. The van der Waals surface area contributed by atoms with Crippen molar-refractivity contribution in [1.29, 1.82) is 0 Å². The highest BCUT2D eigenvalue weighted by atomic mass is 16.5. The maximum Gasteiger partial charge on any atom is 0.0773 e. The van der Waals surface area contributed by atoms with Gasteiger partial charge in [0.1, 0.15) is 0 Å². The number of hydrogen-bond acceptors (Lipinski definition) is 2. The number of ether oxygens (including phenoxy) is 1. The number of aliphatic hydroxyl groups is 1. The summed E-state index contributed by atoms with van der Waals surface area (Å²) < 4.78 is 4.79. The fourth-order valence-corrected chi connectivity index (χ4v) is 0.944. The van der Waals surface area contributed by atoms with Crippen molar-refractivity contribution >= 4 is 0 Å². The first-order chi connectivity index (χ1) is 5.31. The molecule has 1 atom stereocenters. The number of hydrogen-bond donors (Lipinski definition) is 1. The van der Waals surface area contributed by atoms with E-state index in [9.17, 15) is 5.11 Å². The lowest BCUT2D eigenvalue weighted by atomic mass is 10.1. The fourth-order valence-electron chi connectivity index (χ4n) is 0.944. The largest absolute Gasteiger partial charge is 0.391 e. The van der Waals surface area contributed by atoms with Crippen molar-refractivity contribution in [3.63, 3.8) is 0 Å². The van der Waals surface area contributed by atoms with Crippen LogP contribution in [0.4, 0.5) is 0 Å². The van der Waals surface area contributed by atoms with E-state index in [1.807, 2.05) is 6.08 Å². The lowest BCUT2D eigenvalue weighted by Gasteiger charge is -2.07. The van der Waals surface area contributed by atoms with Crippen LogP contribution >= 0.6 is 0 Å². The zero-order valence-corrected chi connectivity index (χ0v) is 7.25. The minimum atomic E-state index is -0.287. The molecule has 0 saturated heterocycles. The molecular weight excluding hydrogens is 140 g/mol. The summed E-state index contributed by atoms with van der Waals surface area (Å²) in [7, 11) is 1.60. The van der Waals surface area contributed by atoms with Crippen LogP contribution < -0.4 is 0 Å². The number of aliphatic hydroxyl groups excluding tert-OH is 1. The Hall–Kier alpha value is -0.340. The summed E-state index contributed by atoms with van der Waals surface area (Å²) in [6.07, 6.45) is 5.66. The van der Waals surface area contributed by atoms with Gasteiger partial charge in [-0.15, -0.1) is 6.58 Å². The topological polar surface area (TPSA) is 29.5 Å². The second-order valence-electron chi connectivity index (χ2n) is 2.68. The molecule has 0 aromatic carbocycles. The molecule has 0 bridgehead atoms. The first-order valence-electron chi connectivity index (χ1n) is 4.09. The van der Waals surface area contributed by atoms with Crippen LogP contribution in [0.2, 0.25) is 0 Å².